The molecular weight excluding hydrogens is 544 g/mol. The van der Waals surface area contributed by atoms with Gasteiger partial charge in [0.2, 0.25) is 0 Å². The first-order valence-electron chi connectivity index (χ1n) is 13.4. The molecule has 0 bridgehead atoms. The maximum atomic E-state index is 13.3. The Morgan fingerprint density at radius 1 is 0.974 bits per heavy atom. The van der Waals surface area contributed by atoms with Crippen LogP contribution in [0.1, 0.15) is 68.1 Å². The lowest BCUT2D eigenvalue weighted by atomic mass is 9.71. The van der Waals surface area contributed by atoms with Gasteiger partial charge in [0, 0.05) is 53.5 Å². The lowest BCUT2D eigenvalue weighted by Gasteiger charge is -2.43. The molecule has 0 radical (unpaired) electrons. The van der Waals surface area contributed by atoms with E-state index in [1.807, 2.05) is 50.2 Å². The second-order valence-electron chi connectivity index (χ2n) is 10.3. The number of halogens is 1. The number of hydrogen-bond donors (Lipinski definition) is 1. The summed E-state index contributed by atoms with van der Waals surface area (Å²) in [5.41, 5.74) is 7.45. The lowest BCUT2D eigenvalue weighted by Crippen LogP contribution is -2.39. The molecule has 0 unspecified atom stereocenters. The van der Waals surface area contributed by atoms with E-state index in [0.29, 0.717) is 23.1 Å². The number of carbonyl (C=O) groups is 3. The number of ketones is 2. The van der Waals surface area contributed by atoms with Crippen LogP contribution in [-0.2, 0) is 14.4 Å². The molecule has 0 atom stereocenters. The molecule has 3 aliphatic rings. The molecule has 1 heterocycles. The molecule has 0 spiro atoms. The van der Waals surface area contributed by atoms with Gasteiger partial charge in [-0.1, -0.05) is 18.2 Å². The Bertz CT molecular complexity index is 1350. The van der Waals surface area contributed by atoms with Crippen molar-refractivity contribution in [2.24, 2.45) is 0 Å². The molecule has 0 saturated carbocycles. The van der Waals surface area contributed by atoms with Crippen molar-refractivity contribution in [2.75, 3.05) is 18.5 Å². The number of anilines is 1. The highest BCUT2D eigenvalue weighted by Gasteiger charge is 2.42. The highest BCUT2D eigenvalue weighted by molar-refractivity contribution is 9.10. The third-order valence-corrected chi connectivity index (χ3v) is 8.34. The number of nitrogens with one attached hydrogen (secondary N) is 1. The van der Waals surface area contributed by atoms with Gasteiger partial charge in [-0.2, -0.15) is 0 Å². The van der Waals surface area contributed by atoms with Crippen molar-refractivity contribution in [1.82, 2.24) is 4.90 Å². The number of rotatable bonds is 6. The molecule has 5 rings (SSSR count). The molecule has 38 heavy (non-hydrogen) atoms. The number of ether oxygens (including phenoxy) is 1. The average Bonchev–Trinajstić information content (AvgIpc) is 2.89. The summed E-state index contributed by atoms with van der Waals surface area (Å²) in [4.78, 5) is 41.4. The van der Waals surface area contributed by atoms with Crippen LogP contribution in [0.2, 0.25) is 0 Å². The quantitative estimate of drug-likeness (QED) is 0.424. The van der Waals surface area contributed by atoms with E-state index in [1.165, 1.54) is 0 Å². The van der Waals surface area contributed by atoms with Crippen LogP contribution >= 0.6 is 15.9 Å². The molecule has 0 fully saturated rings. The van der Waals surface area contributed by atoms with Crippen LogP contribution < -0.4 is 10.1 Å². The van der Waals surface area contributed by atoms with Crippen molar-refractivity contribution >= 4 is 39.1 Å². The smallest absolute Gasteiger partial charge is 0.262 e. The fourth-order valence-electron chi connectivity index (χ4n) is 5.95. The predicted octanol–water partition coefficient (Wildman–Crippen LogP) is 6.52. The molecule has 1 aliphatic heterocycles. The molecule has 2 aliphatic carbocycles. The van der Waals surface area contributed by atoms with Crippen LogP contribution in [0.25, 0.3) is 0 Å². The van der Waals surface area contributed by atoms with Gasteiger partial charge in [-0.15, -0.1) is 0 Å². The van der Waals surface area contributed by atoms with Crippen molar-refractivity contribution in [3.8, 4) is 5.75 Å². The first kappa shape index (κ1) is 26.4. The van der Waals surface area contributed by atoms with E-state index in [1.54, 1.807) is 0 Å². The molecule has 0 aromatic heterocycles. The Morgan fingerprint density at radius 2 is 1.63 bits per heavy atom. The summed E-state index contributed by atoms with van der Waals surface area (Å²) in [5, 5.41) is 2.91. The second-order valence-corrected chi connectivity index (χ2v) is 11.2. The minimum Gasteiger partial charge on any atom is -0.483 e. The first-order valence-corrected chi connectivity index (χ1v) is 14.2. The molecule has 198 valence electrons. The average molecular weight is 578 g/mol. The summed E-state index contributed by atoms with van der Waals surface area (Å²) in [6.07, 6.45) is 4.43. The molecule has 2 aromatic rings. The van der Waals surface area contributed by atoms with Crippen molar-refractivity contribution in [2.45, 2.75) is 65.2 Å². The Kier molecular flexibility index (Phi) is 7.57. The van der Waals surface area contributed by atoms with Crippen LogP contribution in [0.4, 0.5) is 5.69 Å². The highest BCUT2D eigenvalue weighted by atomic mass is 79.9. The van der Waals surface area contributed by atoms with E-state index in [4.69, 9.17) is 4.74 Å². The summed E-state index contributed by atoms with van der Waals surface area (Å²) in [5.74, 6) is 0.204. The van der Waals surface area contributed by atoms with Gasteiger partial charge in [-0.25, -0.2) is 0 Å². The van der Waals surface area contributed by atoms with Crippen LogP contribution in [0.5, 0.6) is 5.75 Å². The Hall–Kier alpha value is -3.19. The van der Waals surface area contributed by atoms with Crippen LogP contribution in [0, 0.1) is 13.8 Å². The number of allylic oxidation sites excluding steroid dienone is 4. The SMILES string of the molecule is CCN1C2=C(C(=O)CCC2)C(c2ccc(OCC(=O)Nc3cc(C)ccc3C)c(Br)c2)C2=C1CCCC2=O. The zero-order valence-electron chi connectivity index (χ0n) is 22.2. The van der Waals surface area contributed by atoms with Crippen molar-refractivity contribution < 1.29 is 19.1 Å². The maximum Gasteiger partial charge on any atom is 0.262 e. The first-order chi connectivity index (χ1) is 18.3. The second kappa shape index (κ2) is 10.9. The molecule has 2 aromatic carbocycles. The number of benzene rings is 2. The molecule has 0 saturated heterocycles. The van der Waals surface area contributed by atoms with Crippen LogP contribution in [0.15, 0.2) is 63.4 Å². The van der Waals surface area contributed by atoms with Crippen molar-refractivity contribution in [1.29, 1.82) is 0 Å². The van der Waals surface area contributed by atoms with Gasteiger partial charge in [0.25, 0.3) is 5.91 Å². The minimum atomic E-state index is -0.360. The number of amides is 1. The molecule has 1 N–H and O–H groups in total. The fraction of sp³-hybridized carbons (Fsp3) is 0.387. The van der Waals surface area contributed by atoms with Gasteiger partial charge < -0.3 is 15.0 Å². The maximum absolute atomic E-state index is 13.3. The number of aryl methyl sites for hydroxylation is 2. The lowest BCUT2D eigenvalue weighted by molar-refractivity contribution is -0.118. The van der Waals surface area contributed by atoms with Crippen LogP contribution in [-0.4, -0.2) is 35.5 Å². The van der Waals surface area contributed by atoms with Crippen LogP contribution in [0.3, 0.4) is 0 Å². The third-order valence-electron chi connectivity index (χ3n) is 7.72. The number of Topliss-reactive ketones (excluding diaryl/α,β-unsaturated/α-hetero) is 2. The fourth-order valence-corrected chi connectivity index (χ4v) is 6.46. The van der Waals surface area contributed by atoms with E-state index in [9.17, 15) is 14.4 Å². The summed E-state index contributed by atoms with van der Waals surface area (Å²) in [7, 11) is 0. The van der Waals surface area contributed by atoms with E-state index >= 15 is 0 Å². The van der Waals surface area contributed by atoms with E-state index in [2.05, 4.69) is 33.1 Å². The number of carbonyl (C=O) groups excluding carboxylic acids is 3. The van der Waals surface area contributed by atoms with Gasteiger partial charge in [-0.3, -0.25) is 14.4 Å². The van der Waals surface area contributed by atoms with E-state index in [0.717, 1.165) is 77.1 Å². The third kappa shape index (κ3) is 4.96. The Balaban J connectivity index is 1.42. The normalized spacial score (nSPS) is 17.9. The largest absolute Gasteiger partial charge is 0.483 e. The van der Waals surface area contributed by atoms with E-state index in [-0.39, 0.29) is 30.0 Å². The molecule has 1 amide bonds. The molecule has 6 nitrogen and oxygen atoms in total. The van der Waals surface area contributed by atoms with Gasteiger partial charge in [0.05, 0.1) is 4.47 Å². The minimum absolute atomic E-state index is 0.137. The Labute approximate surface area is 232 Å². The van der Waals surface area contributed by atoms with Gasteiger partial charge in [0.15, 0.2) is 18.2 Å². The molecule has 7 heteroatoms. The highest BCUT2D eigenvalue weighted by Crippen LogP contribution is 2.49. The monoisotopic (exact) mass is 576 g/mol. The Morgan fingerprint density at radius 3 is 2.24 bits per heavy atom. The summed E-state index contributed by atoms with van der Waals surface area (Å²) in [6.45, 7) is 6.64. The summed E-state index contributed by atoms with van der Waals surface area (Å²) in [6, 6.07) is 11.6. The standard InChI is InChI=1S/C31H33BrN2O4/c1-4-34-23-7-5-9-25(35)30(23)29(31-24(34)8-6-10-26(31)36)20-13-14-27(21(32)16-20)38-17-28(37)33-22-15-18(2)11-12-19(22)3/h11-16,29H,4-10,17H2,1-3H3,(H,33,37). The number of hydrogen-bond acceptors (Lipinski definition) is 5. The zero-order valence-corrected chi connectivity index (χ0v) is 23.7. The van der Waals surface area contributed by atoms with E-state index < -0.39 is 0 Å². The van der Waals surface area contributed by atoms with Gasteiger partial charge >= 0.3 is 0 Å². The van der Waals surface area contributed by atoms with Crippen molar-refractivity contribution in [3.63, 3.8) is 0 Å². The summed E-state index contributed by atoms with van der Waals surface area (Å²) >= 11 is 3.61. The predicted molar refractivity (Wildman–Crippen MR) is 151 cm³/mol. The summed E-state index contributed by atoms with van der Waals surface area (Å²) < 4.78 is 6.53. The molecular formula is C31H33BrN2O4. The zero-order chi connectivity index (χ0) is 27.0. The van der Waals surface area contributed by atoms with Crippen molar-refractivity contribution in [3.05, 3.63) is 80.1 Å². The van der Waals surface area contributed by atoms with Gasteiger partial charge in [-0.05, 0) is 97.3 Å². The number of nitrogens with zero attached hydrogens (tertiary/aromatic N) is 1. The van der Waals surface area contributed by atoms with Gasteiger partial charge in [0.1, 0.15) is 5.75 Å². The topological polar surface area (TPSA) is 75.7 Å².